The largest absolute Gasteiger partial charge is 0.497 e. The fourth-order valence-electron chi connectivity index (χ4n) is 3.27. The molecule has 0 spiro atoms. The second kappa shape index (κ2) is 7.30. The Balaban J connectivity index is 1.39. The smallest absolute Gasteiger partial charge is 0.280 e. The van der Waals surface area contributed by atoms with Crippen molar-refractivity contribution in [3.05, 3.63) is 65.4 Å². The molecule has 1 aliphatic heterocycles. The molecule has 8 nitrogen and oxygen atoms in total. The van der Waals surface area contributed by atoms with Crippen molar-refractivity contribution in [2.45, 2.75) is 19.3 Å². The molecular formula is C20H15F2N5O3. The lowest BCUT2D eigenvalue weighted by Crippen LogP contribution is -2.22. The molecule has 0 saturated carbocycles. The molecule has 2 aromatic carbocycles. The summed E-state index contributed by atoms with van der Waals surface area (Å²) in [4.78, 5) is 4.25. The van der Waals surface area contributed by atoms with E-state index in [1.54, 1.807) is 11.8 Å². The van der Waals surface area contributed by atoms with Crippen molar-refractivity contribution in [3.8, 4) is 28.7 Å². The Kier molecular flexibility index (Phi) is 4.47. The molecule has 5 rings (SSSR count). The third-order valence-electron chi connectivity index (χ3n) is 4.89. The first-order chi connectivity index (χ1) is 14.6. The summed E-state index contributed by atoms with van der Waals surface area (Å²) >= 11 is 0. The number of methoxy groups -OCH3 is 1. The molecule has 1 aliphatic rings. The number of halogens is 2. The third-order valence-corrected chi connectivity index (χ3v) is 4.89. The summed E-state index contributed by atoms with van der Waals surface area (Å²) in [6, 6.07) is 11.0. The van der Waals surface area contributed by atoms with E-state index in [0.717, 1.165) is 23.4 Å². The van der Waals surface area contributed by atoms with Crippen LogP contribution in [0.3, 0.4) is 0 Å². The zero-order chi connectivity index (χ0) is 20.7. The lowest BCUT2D eigenvalue weighted by molar-refractivity contribution is -0.00119. The van der Waals surface area contributed by atoms with Crippen molar-refractivity contribution >= 4 is 0 Å². The summed E-state index contributed by atoms with van der Waals surface area (Å²) in [7, 11) is 1.62. The van der Waals surface area contributed by atoms with Gasteiger partial charge in [0.2, 0.25) is 5.82 Å². The van der Waals surface area contributed by atoms with Gasteiger partial charge in [-0.3, -0.25) is 0 Å². The van der Waals surface area contributed by atoms with Gasteiger partial charge in [0.15, 0.2) is 17.3 Å². The third kappa shape index (κ3) is 3.20. The number of rotatable bonds is 4. The quantitative estimate of drug-likeness (QED) is 0.507. The lowest BCUT2D eigenvalue weighted by atomic mass is 10.1. The highest BCUT2D eigenvalue weighted by molar-refractivity contribution is 5.58. The van der Waals surface area contributed by atoms with Crippen molar-refractivity contribution in [1.82, 2.24) is 25.1 Å². The van der Waals surface area contributed by atoms with Crippen molar-refractivity contribution in [1.29, 1.82) is 0 Å². The first-order valence-corrected chi connectivity index (χ1v) is 9.10. The van der Waals surface area contributed by atoms with E-state index < -0.39 is 11.6 Å². The van der Waals surface area contributed by atoms with Crippen molar-refractivity contribution in [2.75, 3.05) is 7.11 Å². The maximum absolute atomic E-state index is 13.5. The fraction of sp³-hybridized carbons (Fsp3) is 0.200. The van der Waals surface area contributed by atoms with E-state index >= 15 is 0 Å². The van der Waals surface area contributed by atoms with E-state index in [9.17, 15) is 8.78 Å². The molecule has 0 saturated heterocycles. The van der Waals surface area contributed by atoms with Crippen LogP contribution in [0.2, 0.25) is 0 Å². The zero-order valence-corrected chi connectivity index (χ0v) is 15.7. The molecular weight excluding hydrogens is 396 g/mol. The molecule has 1 atom stereocenters. The molecule has 0 bridgehead atoms. The van der Waals surface area contributed by atoms with Gasteiger partial charge in [-0.05, 0) is 35.9 Å². The minimum absolute atomic E-state index is 0.124. The van der Waals surface area contributed by atoms with Gasteiger partial charge in [-0.15, -0.1) is 5.10 Å². The molecule has 0 fully saturated rings. The second-order valence-corrected chi connectivity index (χ2v) is 6.69. The van der Waals surface area contributed by atoms with E-state index in [0.29, 0.717) is 23.5 Å². The molecule has 2 aromatic heterocycles. The minimum Gasteiger partial charge on any atom is -0.497 e. The Morgan fingerprint density at radius 1 is 1.10 bits per heavy atom. The summed E-state index contributed by atoms with van der Waals surface area (Å²) in [5.74, 6) is -0.913. The highest BCUT2D eigenvalue weighted by Crippen LogP contribution is 2.31. The molecule has 0 amide bonds. The number of hydrogen-bond acceptors (Lipinski definition) is 7. The van der Waals surface area contributed by atoms with E-state index in [-0.39, 0.29) is 24.4 Å². The van der Waals surface area contributed by atoms with Crippen molar-refractivity contribution < 1.29 is 22.8 Å². The highest BCUT2D eigenvalue weighted by Gasteiger charge is 2.28. The molecule has 4 aromatic rings. The Hall–Kier alpha value is -3.66. The Morgan fingerprint density at radius 3 is 2.70 bits per heavy atom. The van der Waals surface area contributed by atoms with Crippen molar-refractivity contribution in [2.24, 2.45) is 0 Å². The molecule has 0 aliphatic carbocycles. The van der Waals surface area contributed by atoms with Gasteiger partial charge in [-0.25, -0.2) is 13.5 Å². The van der Waals surface area contributed by atoms with Crippen LogP contribution in [0.1, 0.15) is 17.4 Å². The summed E-state index contributed by atoms with van der Waals surface area (Å²) in [5.41, 5.74) is 2.38. The SMILES string of the molecule is COc1ccc(C2Cn3nnc(-c4nc(-c5ccc(F)c(F)c5)no4)c3CO2)cc1. The molecule has 152 valence electrons. The van der Waals surface area contributed by atoms with Gasteiger partial charge < -0.3 is 14.0 Å². The summed E-state index contributed by atoms with van der Waals surface area (Å²) in [5, 5.41) is 12.2. The normalized spacial score (nSPS) is 15.8. The maximum atomic E-state index is 13.5. The van der Waals surface area contributed by atoms with Crippen LogP contribution >= 0.6 is 0 Å². The van der Waals surface area contributed by atoms with Gasteiger partial charge in [0.1, 0.15) is 11.9 Å². The predicted octanol–water partition coefficient (Wildman–Crippen LogP) is 3.55. The van der Waals surface area contributed by atoms with Gasteiger partial charge in [0.25, 0.3) is 5.89 Å². The van der Waals surface area contributed by atoms with E-state index in [1.807, 2.05) is 24.3 Å². The highest BCUT2D eigenvalue weighted by atomic mass is 19.2. The molecule has 10 heteroatoms. The van der Waals surface area contributed by atoms with E-state index in [1.165, 1.54) is 6.07 Å². The number of fused-ring (bicyclic) bond motifs is 1. The van der Waals surface area contributed by atoms with Gasteiger partial charge in [0, 0.05) is 5.56 Å². The van der Waals surface area contributed by atoms with Crippen LogP contribution in [0, 0.1) is 11.6 Å². The average Bonchev–Trinajstić information content (AvgIpc) is 3.42. The number of nitrogens with zero attached hydrogens (tertiary/aromatic N) is 5. The molecule has 1 unspecified atom stereocenters. The first-order valence-electron chi connectivity index (χ1n) is 9.10. The number of aromatic nitrogens is 5. The minimum atomic E-state index is -0.988. The van der Waals surface area contributed by atoms with Gasteiger partial charge in [0.05, 0.1) is 26.0 Å². The van der Waals surface area contributed by atoms with Crippen molar-refractivity contribution in [3.63, 3.8) is 0 Å². The van der Waals surface area contributed by atoms with Crippen LogP contribution in [0.4, 0.5) is 8.78 Å². The average molecular weight is 411 g/mol. The summed E-state index contributed by atoms with van der Waals surface area (Å²) in [6.45, 7) is 0.723. The standard InChI is InChI=1S/C20H15F2N5O3/c1-28-13-5-2-11(3-6-13)17-9-27-16(10-29-17)18(24-26-27)20-23-19(25-30-20)12-4-7-14(21)15(22)8-12/h2-8,17H,9-10H2,1H3. The maximum Gasteiger partial charge on any atom is 0.280 e. The van der Waals surface area contributed by atoms with Gasteiger partial charge in [-0.2, -0.15) is 4.98 Å². The second-order valence-electron chi connectivity index (χ2n) is 6.69. The molecule has 30 heavy (non-hydrogen) atoms. The molecule has 0 N–H and O–H groups in total. The fourth-order valence-corrected chi connectivity index (χ4v) is 3.27. The van der Waals surface area contributed by atoms with Gasteiger partial charge in [-0.1, -0.05) is 22.5 Å². The Labute approximate surface area is 169 Å². The molecule has 3 heterocycles. The summed E-state index contributed by atoms with van der Waals surface area (Å²) < 4.78 is 44.8. The Bertz CT molecular complexity index is 1210. The van der Waals surface area contributed by atoms with Crippen LogP contribution in [0.15, 0.2) is 47.0 Å². The lowest BCUT2D eigenvalue weighted by Gasteiger charge is -2.24. The monoisotopic (exact) mass is 411 g/mol. The topological polar surface area (TPSA) is 88.1 Å². The van der Waals surface area contributed by atoms with Crippen LogP contribution in [0.5, 0.6) is 5.75 Å². The van der Waals surface area contributed by atoms with Crippen LogP contribution < -0.4 is 4.74 Å². The zero-order valence-electron chi connectivity index (χ0n) is 15.7. The molecule has 0 radical (unpaired) electrons. The Morgan fingerprint density at radius 2 is 1.93 bits per heavy atom. The van der Waals surface area contributed by atoms with Gasteiger partial charge >= 0.3 is 0 Å². The first kappa shape index (κ1) is 18.4. The van der Waals surface area contributed by atoms with Crippen LogP contribution in [-0.2, 0) is 17.9 Å². The number of benzene rings is 2. The predicted molar refractivity (Wildman–Crippen MR) is 99.2 cm³/mol. The van der Waals surface area contributed by atoms with Crippen LogP contribution in [-0.4, -0.2) is 32.2 Å². The van der Waals surface area contributed by atoms with E-state index in [2.05, 4.69) is 20.5 Å². The summed E-state index contributed by atoms with van der Waals surface area (Å²) in [6.07, 6.45) is -0.182. The van der Waals surface area contributed by atoms with E-state index in [4.69, 9.17) is 14.0 Å². The number of hydrogen-bond donors (Lipinski definition) is 0. The number of ether oxygens (including phenoxy) is 2. The van der Waals surface area contributed by atoms with Crippen LogP contribution in [0.25, 0.3) is 23.0 Å².